The van der Waals surface area contributed by atoms with Gasteiger partial charge in [0.05, 0.1) is 15.8 Å². The highest BCUT2D eigenvalue weighted by atomic mass is 32.1. The number of aromatic carboxylic acids is 1. The molecule has 8 heteroatoms. The second kappa shape index (κ2) is 5.96. The monoisotopic (exact) mass is 335 g/mol. The number of nitrogens with one attached hydrogen (secondary N) is 1. The molecule has 0 fully saturated rings. The minimum Gasteiger partial charge on any atom is -0.478 e. The summed E-state index contributed by atoms with van der Waals surface area (Å²) in [6.45, 7) is 4.97. The maximum Gasteiger partial charge on any atom is 0.338 e. The van der Waals surface area contributed by atoms with Gasteiger partial charge in [0.2, 0.25) is 5.91 Å². The Bertz CT molecular complexity index is 799. The Kier molecular flexibility index (Phi) is 4.37. The molecule has 2 amide bonds. The molecular weight excluding hydrogens is 318 g/mol. The van der Waals surface area contributed by atoms with E-state index in [1.807, 2.05) is 0 Å². The van der Waals surface area contributed by atoms with Gasteiger partial charge in [0.25, 0.3) is 5.91 Å². The molecule has 1 atom stereocenters. The van der Waals surface area contributed by atoms with Gasteiger partial charge in [-0.3, -0.25) is 9.59 Å². The molecule has 0 saturated carbocycles. The number of nitrogens with zero attached hydrogens (tertiary/aromatic N) is 1. The average molecular weight is 335 g/mol. The summed E-state index contributed by atoms with van der Waals surface area (Å²) in [4.78, 5) is 39.8. The highest BCUT2D eigenvalue weighted by Crippen LogP contribution is 2.23. The molecule has 0 aromatic carbocycles. The molecule has 0 radical (unpaired) electrons. The van der Waals surface area contributed by atoms with Gasteiger partial charge in [-0.15, -0.1) is 11.3 Å². The molecule has 7 nitrogen and oxygen atoms in total. The molecule has 2 rings (SSSR count). The SMILES string of the molecule is CC(C)C(C)(NC(=O)c1nc2ccsc2cc1C(=O)O)C(N)=O. The molecule has 2 heterocycles. The number of aromatic nitrogens is 1. The van der Waals surface area contributed by atoms with Gasteiger partial charge in [0.15, 0.2) is 0 Å². The number of carboxylic acids is 1. The molecule has 1 unspecified atom stereocenters. The number of hydrogen-bond donors (Lipinski definition) is 3. The van der Waals surface area contributed by atoms with Crippen LogP contribution in [0.5, 0.6) is 0 Å². The van der Waals surface area contributed by atoms with Crippen molar-refractivity contribution in [2.75, 3.05) is 0 Å². The number of rotatable bonds is 5. The van der Waals surface area contributed by atoms with Gasteiger partial charge in [0.1, 0.15) is 11.2 Å². The summed E-state index contributed by atoms with van der Waals surface area (Å²) in [5, 5.41) is 13.6. The van der Waals surface area contributed by atoms with Crippen molar-refractivity contribution in [3.8, 4) is 0 Å². The lowest BCUT2D eigenvalue weighted by Gasteiger charge is -2.31. The lowest BCUT2D eigenvalue weighted by Crippen LogP contribution is -2.58. The van der Waals surface area contributed by atoms with Crippen molar-refractivity contribution in [2.45, 2.75) is 26.3 Å². The first-order valence-corrected chi connectivity index (χ1v) is 7.78. The van der Waals surface area contributed by atoms with Gasteiger partial charge >= 0.3 is 5.97 Å². The Morgan fingerprint density at radius 1 is 1.39 bits per heavy atom. The predicted octanol–water partition coefficient (Wildman–Crippen LogP) is 1.62. The van der Waals surface area contributed by atoms with Gasteiger partial charge < -0.3 is 16.2 Å². The fourth-order valence-electron chi connectivity index (χ4n) is 2.02. The zero-order valence-corrected chi connectivity index (χ0v) is 13.7. The Labute approximate surface area is 136 Å². The normalized spacial score (nSPS) is 13.7. The fourth-order valence-corrected chi connectivity index (χ4v) is 2.78. The number of nitrogens with two attached hydrogens (primary N) is 1. The molecule has 0 saturated heterocycles. The summed E-state index contributed by atoms with van der Waals surface area (Å²) in [6.07, 6.45) is 0. The summed E-state index contributed by atoms with van der Waals surface area (Å²) in [5.74, 6) is -2.98. The molecule has 2 aromatic heterocycles. The maximum absolute atomic E-state index is 12.5. The Hall–Kier alpha value is -2.48. The third kappa shape index (κ3) is 3.02. The first-order valence-electron chi connectivity index (χ1n) is 6.90. The third-order valence-electron chi connectivity index (χ3n) is 3.92. The molecule has 0 spiro atoms. The van der Waals surface area contributed by atoms with Gasteiger partial charge in [-0.05, 0) is 30.4 Å². The van der Waals surface area contributed by atoms with Gasteiger partial charge in [-0.2, -0.15) is 0 Å². The summed E-state index contributed by atoms with van der Waals surface area (Å²) in [6, 6.07) is 3.10. The topological polar surface area (TPSA) is 122 Å². The van der Waals surface area contributed by atoms with Crippen molar-refractivity contribution >= 4 is 39.3 Å². The summed E-state index contributed by atoms with van der Waals surface area (Å²) in [7, 11) is 0. The van der Waals surface area contributed by atoms with Crippen molar-refractivity contribution in [1.29, 1.82) is 0 Å². The van der Waals surface area contributed by atoms with Crippen LogP contribution in [-0.4, -0.2) is 33.4 Å². The smallest absolute Gasteiger partial charge is 0.338 e. The third-order valence-corrected chi connectivity index (χ3v) is 4.77. The van der Waals surface area contributed by atoms with E-state index in [2.05, 4.69) is 10.3 Å². The number of carboxylic acid groups (broad SMARTS) is 1. The second-order valence-electron chi connectivity index (χ2n) is 5.67. The minimum absolute atomic E-state index is 0.215. The largest absolute Gasteiger partial charge is 0.478 e. The van der Waals surface area contributed by atoms with Crippen LogP contribution < -0.4 is 11.1 Å². The maximum atomic E-state index is 12.5. The number of fused-ring (bicyclic) bond motifs is 1. The number of amides is 2. The minimum atomic E-state index is -1.31. The average Bonchev–Trinajstić information content (AvgIpc) is 2.92. The van der Waals surface area contributed by atoms with E-state index in [9.17, 15) is 19.5 Å². The quantitative estimate of drug-likeness (QED) is 0.766. The van der Waals surface area contributed by atoms with Gasteiger partial charge in [0, 0.05) is 0 Å². The fraction of sp³-hybridized carbons (Fsp3) is 0.333. The van der Waals surface area contributed by atoms with E-state index >= 15 is 0 Å². The Morgan fingerprint density at radius 2 is 2.04 bits per heavy atom. The molecule has 4 N–H and O–H groups in total. The molecule has 0 bridgehead atoms. The van der Waals surface area contributed by atoms with E-state index < -0.39 is 23.3 Å². The van der Waals surface area contributed by atoms with Crippen molar-refractivity contribution in [3.63, 3.8) is 0 Å². The number of hydrogen-bond acceptors (Lipinski definition) is 5. The van der Waals surface area contributed by atoms with Crippen LogP contribution in [0.15, 0.2) is 17.5 Å². The van der Waals surface area contributed by atoms with E-state index in [0.29, 0.717) is 10.2 Å². The van der Waals surface area contributed by atoms with Crippen molar-refractivity contribution in [2.24, 2.45) is 11.7 Å². The number of pyridine rings is 1. The molecule has 2 aromatic rings. The molecule has 0 aliphatic heterocycles. The Balaban J connectivity index is 2.50. The lowest BCUT2D eigenvalue weighted by molar-refractivity contribution is -0.125. The summed E-state index contributed by atoms with van der Waals surface area (Å²) >= 11 is 1.33. The molecular formula is C15H17N3O4S. The lowest BCUT2D eigenvalue weighted by atomic mass is 9.87. The van der Waals surface area contributed by atoms with Crippen LogP contribution in [0, 0.1) is 5.92 Å². The van der Waals surface area contributed by atoms with Crippen LogP contribution in [-0.2, 0) is 4.79 Å². The van der Waals surface area contributed by atoms with Crippen LogP contribution in [0.3, 0.4) is 0 Å². The predicted molar refractivity (Wildman–Crippen MR) is 86.5 cm³/mol. The standard InChI is InChI=1S/C15H17N3O4S/c1-7(2)15(3,14(16)22)18-12(19)11-8(13(20)21)6-10-9(17-11)4-5-23-10/h4-7H,1-3H3,(H2,16,22)(H,18,19)(H,20,21). The van der Waals surface area contributed by atoms with Crippen LogP contribution >= 0.6 is 11.3 Å². The molecule has 122 valence electrons. The number of carbonyl (C=O) groups excluding carboxylic acids is 2. The van der Waals surface area contributed by atoms with Crippen LogP contribution in [0.1, 0.15) is 41.6 Å². The number of thiophene rings is 1. The van der Waals surface area contributed by atoms with Crippen molar-refractivity contribution in [3.05, 3.63) is 28.8 Å². The zero-order valence-electron chi connectivity index (χ0n) is 12.9. The number of primary amides is 1. The number of carbonyl (C=O) groups is 3. The van der Waals surface area contributed by atoms with Crippen LogP contribution in [0.4, 0.5) is 0 Å². The molecule has 0 aliphatic rings. The Morgan fingerprint density at radius 3 is 2.57 bits per heavy atom. The summed E-state index contributed by atoms with van der Waals surface area (Å²) < 4.78 is 0.667. The molecule has 0 aliphatic carbocycles. The molecule has 23 heavy (non-hydrogen) atoms. The second-order valence-corrected chi connectivity index (χ2v) is 6.62. The van der Waals surface area contributed by atoms with Gasteiger partial charge in [-0.1, -0.05) is 13.8 Å². The van der Waals surface area contributed by atoms with Gasteiger partial charge in [-0.25, -0.2) is 9.78 Å². The first-order chi connectivity index (χ1) is 10.7. The van der Waals surface area contributed by atoms with Crippen molar-refractivity contribution in [1.82, 2.24) is 10.3 Å². The van der Waals surface area contributed by atoms with E-state index in [4.69, 9.17) is 5.73 Å². The highest BCUT2D eigenvalue weighted by Gasteiger charge is 2.37. The highest BCUT2D eigenvalue weighted by molar-refractivity contribution is 7.17. The first kappa shape index (κ1) is 16.9. The van der Waals surface area contributed by atoms with Crippen LogP contribution in [0.2, 0.25) is 0 Å². The summed E-state index contributed by atoms with van der Waals surface area (Å²) in [5.41, 5.74) is 4.14. The zero-order chi connectivity index (χ0) is 17.4. The van der Waals surface area contributed by atoms with E-state index in [1.165, 1.54) is 24.3 Å². The van der Waals surface area contributed by atoms with Crippen LogP contribution in [0.25, 0.3) is 10.2 Å². The van der Waals surface area contributed by atoms with Crippen molar-refractivity contribution < 1.29 is 19.5 Å². The van der Waals surface area contributed by atoms with E-state index in [-0.39, 0.29) is 17.2 Å². The van der Waals surface area contributed by atoms with E-state index in [1.54, 1.807) is 25.3 Å². The van der Waals surface area contributed by atoms with E-state index in [0.717, 1.165) is 0 Å².